The Morgan fingerprint density at radius 2 is 1.67 bits per heavy atom. The van der Waals surface area contributed by atoms with Gasteiger partial charge in [-0.25, -0.2) is 0 Å². The molecule has 0 amide bonds. The lowest BCUT2D eigenvalue weighted by Gasteiger charge is -2.12. The highest BCUT2D eigenvalue weighted by Crippen LogP contribution is 2.33. The fourth-order valence-corrected chi connectivity index (χ4v) is 3.29. The zero-order valence-corrected chi connectivity index (χ0v) is 16.2. The van der Waals surface area contributed by atoms with Crippen molar-refractivity contribution >= 4 is 23.0 Å². The third-order valence-corrected chi connectivity index (χ3v) is 4.52. The average molecular weight is 379 g/mol. The van der Waals surface area contributed by atoms with Gasteiger partial charge in [0.05, 0.1) is 5.69 Å². The zero-order chi connectivity index (χ0) is 19.6. The largest absolute Gasteiger partial charge is 0.508 e. The predicted molar refractivity (Wildman–Crippen MR) is 111 cm³/mol. The van der Waals surface area contributed by atoms with Crippen LogP contribution < -0.4 is 0 Å². The first-order valence-corrected chi connectivity index (χ1v) is 9.15. The van der Waals surface area contributed by atoms with E-state index >= 15 is 0 Å². The zero-order valence-electron chi connectivity index (χ0n) is 15.4. The summed E-state index contributed by atoms with van der Waals surface area (Å²) in [6.45, 7) is 5.91. The number of phenolic OH excluding ortho intramolecular Hbond substituents is 2. The normalized spacial score (nSPS) is 10.5. The quantitative estimate of drug-likeness (QED) is 0.402. The van der Waals surface area contributed by atoms with Crippen molar-refractivity contribution in [2.24, 2.45) is 0 Å². The van der Waals surface area contributed by atoms with E-state index in [0.717, 1.165) is 27.6 Å². The Bertz CT molecular complexity index is 1160. The second-order valence-electron chi connectivity index (χ2n) is 5.84. The van der Waals surface area contributed by atoms with Crippen LogP contribution in [0.15, 0.2) is 54.6 Å². The van der Waals surface area contributed by atoms with Crippen LogP contribution in [0.5, 0.6) is 11.5 Å². The fraction of sp³-hybridized carbons (Fsp3) is 0.143. The molecule has 0 spiro atoms. The number of benzene rings is 3. The van der Waals surface area contributed by atoms with E-state index in [2.05, 4.69) is 10.2 Å². The standard InChI is InChI=1S/C19H15N3O2S.C2H6/c1-11-10-12(23)6-7-13(11)18-20-21-19(25)22(18)16-8-9-17(24)15-5-3-2-4-14(15)16;1-2/h2-10,23-24H,1H3,(H,21,25);1-2H3. The summed E-state index contributed by atoms with van der Waals surface area (Å²) in [6, 6.07) is 16.2. The number of fused-ring (bicyclic) bond motifs is 1. The molecule has 6 heteroatoms. The topological polar surface area (TPSA) is 74.1 Å². The fourth-order valence-electron chi connectivity index (χ4n) is 3.06. The van der Waals surface area contributed by atoms with Crippen molar-refractivity contribution in [1.29, 1.82) is 0 Å². The maximum atomic E-state index is 10.1. The lowest BCUT2D eigenvalue weighted by atomic mass is 10.1. The summed E-state index contributed by atoms with van der Waals surface area (Å²) in [7, 11) is 0. The van der Waals surface area contributed by atoms with Gasteiger partial charge in [-0.1, -0.05) is 38.1 Å². The van der Waals surface area contributed by atoms with Crippen molar-refractivity contribution in [3.05, 3.63) is 64.9 Å². The number of rotatable bonds is 2. The van der Waals surface area contributed by atoms with Gasteiger partial charge in [0.2, 0.25) is 0 Å². The van der Waals surface area contributed by atoms with Crippen LogP contribution in [0.2, 0.25) is 0 Å². The SMILES string of the molecule is CC.Cc1cc(O)ccc1-c1n[nH]c(=S)n1-c1ccc(O)c2ccccc12. The number of aromatic nitrogens is 3. The lowest BCUT2D eigenvalue weighted by Crippen LogP contribution is -2.00. The molecule has 0 fully saturated rings. The predicted octanol–water partition coefficient (Wildman–Crippen LogP) is 5.50. The number of nitrogens with zero attached hydrogens (tertiary/aromatic N) is 2. The van der Waals surface area contributed by atoms with Crippen molar-refractivity contribution in [1.82, 2.24) is 14.8 Å². The van der Waals surface area contributed by atoms with Gasteiger partial charge >= 0.3 is 0 Å². The molecule has 5 nitrogen and oxygen atoms in total. The smallest absolute Gasteiger partial charge is 0.200 e. The molecule has 0 bridgehead atoms. The molecule has 0 aliphatic heterocycles. The van der Waals surface area contributed by atoms with Gasteiger partial charge in [-0.2, -0.15) is 5.10 Å². The Morgan fingerprint density at radius 1 is 0.963 bits per heavy atom. The van der Waals surface area contributed by atoms with Crippen LogP contribution in [0.1, 0.15) is 19.4 Å². The minimum absolute atomic E-state index is 0.206. The van der Waals surface area contributed by atoms with Gasteiger partial charge in [0.25, 0.3) is 0 Å². The summed E-state index contributed by atoms with van der Waals surface area (Å²) < 4.78 is 2.30. The van der Waals surface area contributed by atoms with Gasteiger partial charge in [-0.05, 0) is 55.0 Å². The highest BCUT2D eigenvalue weighted by molar-refractivity contribution is 7.71. The summed E-state index contributed by atoms with van der Waals surface area (Å²) in [4.78, 5) is 0. The van der Waals surface area contributed by atoms with Crippen LogP contribution in [0, 0.1) is 11.7 Å². The molecule has 0 unspecified atom stereocenters. The van der Waals surface area contributed by atoms with Crippen LogP contribution in [-0.2, 0) is 0 Å². The van der Waals surface area contributed by atoms with Gasteiger partial charge in [0, 0.05) is 16.3 Å². The van der Waals surface area contributed by atoms with Crippen molar-refractivity contribution < 1.29 is 10.2 Å². The molecule has 0 saturated heterocycles. The van der Waals surface area contributed by atoms with E-state index in [-0.39, 0.29) is 11.5 Å². The van der Waals surface area contributed by atoms with Crippen molar-refractivity contribution in [3.8, 4) is 28.6 Å². The lowest BCUT2D eigenvalue weighted by molar-refractivity contribution is 0.475. The summed E-state index contributed by atoms with van der Waals surface area (Å²) >= 11 is 5.45. The Hall–Kier alpha value is -3.12. The maximum absolute atomic E-state index is 10.1. The van der Waals surface area contributed by atoms with Crippen LogP contribution in [-0.4, -0.2) is 25.0 Å². The second kappa shape index (κ2) is 7.63. The molecular weight excluding hydrogens is 358 g/mol. The number of aryl methyl sites for hydroxylation is 1. The molecule has 4 aromatic rings. The molecular formula is C21H21N3O2S. The minimum Gasteiger partial charge on any atom is -0.508 e. The Balaban J connectivity index is 0.00000102. The summed E-state index contributed by atoms with van der Waals surface area (Å²) in [5, 5.41) is 28.7. The average Bonchev–Trinajstić information content (AvgIpc) is 3.05. The molecule has 138 valence electrons. The van der Waals surface area contributed by atoms with Gasteiger partial charge < -0.3 is 10.2 Å². The van der Waals surface area contributed by atoms with Gasteiger partial charge in [-0.15, -0.1) is 0 Å². The van der Waals surface area contributed by atoms with E-state index in [1.54, 1.807) is 18.2 Å². The number of hydrogen-bond donors (Lipinski definition) is 3. The number of phenols is 2. The van der Waals surface area contributed by atoms with Crippen molar-refractivity contribution in [2.75, 3.05) is 0 Å². The summed E-state index contributed by atoms with van der Waals surface area (Å²) in [6.07, 6.45) is 0. The monoisotopic (exact) mass is 379 g/mol. The Morgan fingerprint density at radius 3 is 2.37 bits per heavy atom. The molecule has 0 aliphatic rings. The highest BCUT2D eigenvalue weighted by Gasteiger charge is 2.16. The Labute approximate surface area is 162 Å². The molecule has 1 heterocycles. The summed E-state index contributed by atoms with van der Waals surface area (Å²) in [5.74, 6) is 1.08. The van der Waals surface area contributed by atoms with E-state index in [9.17, 15) is 10.2 Å². The van der Waals surface area contributed by atoms with Crippen LogP contribution in [0.25, 0.3) is 27.8 Å². The number of H-pyrrole nitrogens is 1. The molecule has 0 atom stereocenters. The van der Waals surface area contributed by atoms with Gasteiger partial charge in [0.15, 0.2) is 10.6 Å². The summed E-state index contributed by atoms with van der Waals surface area (Å²) in [5.41, 5.74) is 2.58. The molecule has 4 rings (SSSR count). The van der Waals surface area contributed by atoms with E-state index in [0.29, 0.717) is 10.6 Å². The van der Waals surface area contributed by atoms with Gasteiger partial charge in [-0.3, -0.25) is 9.67 Å². The molecule has 3 aromatic carbocycles. The van der Waals surface area contributed by atoms with Crippen molar-refractivity contribution in [3.63, 3.8) is 0 Å². The number of aromatic amines is 1. The molecule has 0 aliphatic carbocycles. The van der Waals surface area contributed by atoms with E-state index in [1.807, 2.05) is 61.7 Å². The molecule has 0 saturated carbocycles. The first-order chi connectivity index (χ1) is 13.1. The number of aromatic hydroxyl groups is 2. The third kappa shape index (κ3) is 3.31. The van der Waals surface area contributed by atoms with Crippen LogP contribution in [0.3, 0.4) is 0 Å². The molecule has 27 heavy (non-hydrogen) atoms. The molecule has 1 aromatic heterocycles. The molecule has 0 radical (unpaired) electrons. The van der Waals surface area contributed by atoms with E-state index < -0.39 is 0 Å². The van der Waals surface area contributed by atoms with Crippen molar-refractivity contribution in [2.45, 2.75) is 20.8 Å². The highest BCUT2D eigenvalue weighted by atomic mass is 32.1. The van der Waals surface area contributed by atoms with Crippen LogP contribution >= 0.6 is 12.2 Å². The van der Waals surface area contributed by atoms with E-state index in [1.165, 1.54) is 0 Å². The first kappa shape index (κ1) is 18.7. The van der Waals surface area contributed by atoms with Gasteiger partial charge in [0.1, 0.15) is 11.5 Å². The second-order valence-corrected chi connectivity index (χ2v) is 6.22. The van der Waals surface area contributed by atoms with E-state index in [4.69, 9.17) is 12.2 Å². The Kier molecular flexibility index (Phi) is 5.28. The minimum atomic E-state index is 0.206. The maximum Gasteiger partial charge on any atom is 0.200 e. The first-order valence-electron chi connectivity index (χ1n) is 8.75. The van der Waals surface area contributed by atoms with Crippen LogP contribution in [0.4, 0.5) is 0 Å². The molecule has 3 N–H and O–H groups in total. The third-order valence-electron chi connectivity index (χ3n) is 4.24. The number of hydrogen-bond acceptors (Lipinski definition) is 4. The number of nitrogens with one attached hydrogen (secondary N) is 1.